The number of hydrogen-bond acceptors (Lipinski definition) is 3. The SMILES string of the molecule is CCCCOCCN=C(N)Nc1ccc(OC(F)(F)F)cc1.I. The summed E-state index contributed by atoms with van der Waals surface area (Å²) >= 11 is 0. The van der Waals surface area contributed by atoms with E-state index in [9.17, 15) is 13.2 Å². The van der Waals surface area contributed by atoms with Crippen molar-refractivity contribution >= 4 is 35.6 Å². The van der Waals surface area contributed by atoms with Crippen molar-refractivity contribution in [2.24, 2.45) is 10.7 Å². The van der Waals surface area contributed by atoms with E-state index in [1.807, 2.05) is 0 Å². The Balaban J connectivity index is 0.00000484. The van der Waals surface area contributed by atoms with Gasteiger partial charge in [-0.1, -0.05) is 13.3 Å². The van der Waals surface area contributed by atoms with E-state index >= 15 is 0 Å². The molecule has 0 bridgehead atoms. The van der Waals surface area contributed by atoms with Crippen molar-refractivity contribution < 1.29 is 22.6 Å². The predicted octanol–water partition coefficient (Wildman–Crippen LogP) is 3.75. The van der Waals surface area contributed by atoms with Crippen LogP contribution in [0, 0.1) is 0 Å². The zero-order valence-corrected chi connectivity index (χ0v) is 15.1. The van der Waals surface area contributed by atoms with E-state index in [0.29, 0.717) is 25.4 Å². The standard InChI is InChI=1S/C14H20F3N3O2.HI/c1-2-3-9-21-10-8-19-13(18)20-11-4-6-12(7-5-11)22-14(15,16)17;/h4-7H,2-3,8-10H2,1H3,(H3,18,19,20);1H. The highest BCUT2D eigenvalue weighted by atomic mass is 127. The van der Waals surface area contributed by atoms with Gasteiger partial charge in [0.15, 0.2) is 5.96 Å². The predicted molar refractivity (Wildman–Crippen MR) is 94.4 cm³/mol. The van der Waals surface area contributed by atoms with Crippen molar-refractivity contribution in [3.63, 3.8) is 0 Å². The van der Waals surface area contributed by atoms with Crippen LogP contribution in [0.3, 0.4) is 0 Å². The molecule has 0 heterocycles. The Morgan fingerprint density at radius 2 is 1.87 bits per heavy atom. The second kappa shape index (κ2) is 11.3. The second-order valence-corrected chi connectivity index (χ2v) is 4.43. The monoisotopic (exact) mass is 447 g/mol. The Hall–Kier alpha value is -1.23. The molecule has 132 valence electrons. The molecule has 0 fully saturated rings. The molecule has 0 unspecified atom stereocenters. The molecule has 9 heteroatoms. The van der Waals surface area contributed by atoms with Crippen molar-refractivity contribution in [3.8, 4) is 5.75 Å². The third kappa shape index (κ3) is 11.0. The van der Waals surface area contributed by atoms with Gasteiger partial charge in [-0.05, 0) is 30.7 Å². The van der Waals surface area contributed by atoms with Gasteiger partial charge < -0.3 is 20.5 Å². The molecule has 0 aliphatic rings. The molecule has 23 heavy (non-hydrogen) atoms. The van der Waals surface area contributed by atoms with Crippen molar-refractivity contribution in [2.75, 3.05) is 25.1 Å². The number of nitrogens with zero attached hydrogens (tertiary/aromatic N) is 1. The summed E-state index contributed by atoms with van der Waals surface area (Å²) < 4.78 is 45.1. The summed E-state index contributed by atoms with van der Waals surface area (Å²) in [6.45, 7) is 3.66. The quantitative estimate of drug-likeness (QED) is 0.276. The number of guanidine groups is 1. The number of nitrogens with two attached hydrogens (primary N) is 1. The molecule has 0 saturated carbocycles. The highest BCUT2D eigenvalue weighted by molar-refractivity contribution is 14.0. The molecule has 3 N–H and O–H groups in total. The van der Waals surface area contributed by atoms with Gasteiger partial charge >= 0.3 is 6.36 Å². The topological polar surface area (TPSA) is 68.9 Å². The van der Waals surface area contributed by atoms with E-state index in [1.165, 1.54) is 24.3 Å². The first-order valence-corrected chi connectivity index (χ1v) is 6.91. The van der Waals surface area contributed by atoms with Gasteiger partial charge in [0.05, 0.1) is 13.2 Å². The number of rotatable bonds is 8. The molecule has 0 aliphatic heterocycles. The van der Waals surface area contributed by atoms with Crippen LogP contribution in [0.1, 0.15) is 19.8 Å². The maximum Gasteiger partial charge on any atom is 0.573 e. The fourth-order valence-electron chi connectivity index (χ4n) is 1.51. The Morgan fingerprint density at radius 1 is 1.22 bits per heavy atom. The summed E-state index contributed by atoms with van der Waals surface area (Å²) in [5.41, 5.74) is 6.17. The Bertz CT molecular complexity index is 467. The van der Waals surface area contributed by atoms with E-state index in [4.69, 9.17) is 10.5 Å². The van der Waals surface area contributed by atoms with Gasteiger partial charge in [0.1, 0.15) is 5.75 Å². The van der Waals surface area contributed by atoms with E-state index < -0.39 is 6.36 Å². The third-order valence-electron chi connectivity index (χ3n) is 2.52. The molecule has 1 rings (SSSR count). The summed E-state index contributed by atoms with van der Waals surface area (Å²) in [6, 6.07) is 5.22. The van der Waals surface area contributed by atoms with Gasteiger partial charge in [-0.3, -0.25) is 4.99 Å². The first kappa shape index (κ1) is 21.8. The molecule has 0 saturated heterocycles. The molecular formula is C14H21F3IN3O2. The van der Waals surface area contributed by atoms with Crippen molar-refractivity contribution in [2.45, 2.75) is 26.1 Å². The lowest BCUT2D eigenvalue weighted by molar-refractivity contribution is -0.274. The van der Waals surface area contributed by atoms with Crippen LogP contribution in [0.4, 0.5) is 18.9 Å². The third-order valence-corrected chi connectivity index (χ3v) is 2.52. The number of unbranched alkanes of at least 4 members (excludes halogenated alkanes) is 1. The number of ether oxygens (including phenoxy) is 2. The lowest BCUT2D eigenvalue weighted by Gasteiger charge is -2.10. The fraction of sp³-hybridized carbons (Fsp3) is 0.500. The normalized spacial score (nSPS) is 11.7. The molecule has 0 aliphatic carbocycles. The van der Waals surface area contributed by atoms with Crippen LogP contribution in [-0.4, -0.2) is 32.1 Å². The van der Waals surface area contributed by atoms with Gasteiger partial charge in [-0.2, -0.15) is 0 Å². The van der Waals surface area contributed by atoms with Crippen molar-refractivity contribution in [3.05, 3.63) is 24.3 Å². The second-order valence-electron chi connectivity index (χ2n) is 4.43. The lowest BCUT2D eigenvalue weighted by atomic mass is 10.3. The smallest absolute Gasteiger partial charge is 0.406 e. The summed E-state index contributed by atoms with van der Waals surface area (Å²) in [4.78, 5) is 4.05. The molecule has 0 amide bonds. The van der Waals surface area contributed by atoms with E-state index in [0.717, 1.165) is 12.8 Å². The summed E-state index contributed by atoms with van der Waals surface area (Å²) in [6.07, 6.45) is -2.63. The van der Waals surface area contributed by atoms with Gasteiger partial charge in [-0.15, -0.1) is 37.1 Å². The number of alkyl halides is 3. The molecule has 0 aromatic heterocycles. The number of aliphatic imine (C=N–C) groups is 1. The number of benzene rings is 1. The Kier molecular flexibility index (Phi) is 10.7. The van der Waals surface area contributed by atoms with Crippen LogP contribution >= 0.6 is 24.0 Å². The molecule has 0 spiro atoms. The minimum atomic E-state index is -4.70. The van der Waals surface area contributed by atoms with Crippen LogP contribution in [0.5, 0.6) is 5.75 Å². The van der Waals surface area contributed by atoms with Crippen LogP contribution in [0.2, 0.25) is 0 Å². The number of nitrogens with one attached hydrogen (secondary N) is 1. The maximum atomic E-state index is 12.0. The van der Waals surface area contributed by atoms with Gasteiger partial charge in [0, 0.05) is 12.3 Å². The average Bonchev–Trinajstić information content (AvgIpc) is 2.43. The van der Waals surface area contributed by atoms with Crippen LogP contribution in [0.25, 0.3) is 0 Å². The molecular weight excluding hydrogens is 426 g/mol. The highest BCUT2D eigenvalue weighted by Crippen LogP contribution is 2.23. The fourth-order valence-corrected chi connectivity index (χ4v) is 1.51. The largest absolute Gasteiger partial charge is 0.573 e. The minimum Gasteiger partial charge on any atom is -0.406 e. The number of halogens is 4. The molecule has 1 aromatic rings. The number of hydrogen-bond donors (Lipinski definition) is 2. The van der Waals surface area contributed by atoms with Crippen molar-refractivity contribution in [1.82, 2.24) is 0 Å². The van der Waals surface area contributed by atoms with E-state index in [-0.39, 0.29) is 35.7 Å². The first-order valence-electron chi connectivity index (χ1n) is 6.91. The van der Waals surface area contributed by atoms with Gasteiger partial charge in [0.2, 0.25) is 0 Å². The van der Waals surface area contributed by atoms with Crippen LogP contribution in [-0.2, 0) is 4.74 Å². The van der Waals surface area contributed by atoms with Crippen LogP contribution < -0.4 is 15.8 Å². The first-order chi connectivity index (χ1) is 10.4. The van der Waals surface area contributed by atoms with Crippen LogP contribution in [0.15, 0.2) is 29.3 Å². The van der Waals surface area contributed by atoms with Gasteiger partial charge in [0.25, 0.3) is 0 Å². The highest BCUT2D eigenvalue weighted by Gasteiger charge is 2.30. The lowest BCUT2D eigenvalue weighted by Crippen LogP contribution is -2.23. The number of anilines is 1. The molecule has 0 atom stereocenters. The average molecular weight is 447 g/mol. The maximum absolute atomic E-state index is 12.0. The summed E-state index contributed by atoms with van der Waals surface area (Å²) in [5.74, 6) is -0.124. The molecule has 5 nitrogen and oxygen atoms in total. The molecule has 1 aromatic carbocycles. The zero-order valence-electron chi connectivity index (χ0n) is 12.7. The Labute approximate surface area is 150 Å². The van der Waals surface area contributed by atoms with E-state index in [1.54, 1.807) is 0 Å². The molecule has 0 radical (unpaired) electrons. The van der Waals surface area contributed by atoms with Crippen molar-refractivity contribution in [1.29, 1.82) is 0 Å². The summed E-state index contributed by atoms with van der Waals surface area (Å²) in [5, 5.41) is 2.77. The zero-order chi connectivity index (χ0) is 16.4. The van der Waals surface area contributed by atoms with Gasteiger partial charge in [-0.25, -0.2) is 0 Å². The Morgan fingerprint density at radius 3 is 2.43 bits per heavy atom. The summed E-state index contributed by atoms with van der Waals surface area (Å²) in [7, 11) is 0. The van der Waals surface area contributed by atoms with E-state index in [2.05, 4.69) is 22.0 Å². The minimum absolute atomic E-state index is 0.